The Labute approximate surface area is 130 Å². The average molecular weight is 295 g/mol. The number of ether oxygens (including phenoxy) is 1. The third-order valence-corrected chi connectivity index (χ3v) is 5.64. The van der Waals surface area contributed by atoms with E-state index in [-0.39, 0.29) is 0 Å². The van der Waals surface area contributed by atoms with Gasteiger partial charge in [-0.2, -0.15) is 0 Å². The highest BCUT2D eigenvalue weighted by molar-refractivity contribution is 4.96. The minimum atomic E-state index is 0.573. The molecular formula is C17H33N3O. The zero-order valence-corrected chi connectivity index (χ0v) is 13.9. The van der Waals surface area contributed by atoms with Crippen LogP contribution in [0.1, 0.15) is 46.0 Å². The summed E-state index contributed by atoms with van der Waals surface area (Å²) in [5, 5.41) is 3.78. The van der Waals surface area contributed by atoms with Gasteiger partial charge in [-0.1, -0.05) is 13.3 Å². The largest absolute Gasteiger partial charge is 0.380 e. The van der Waals surface area contributed by atoms with Gasteiger partial charge in [0, 0.05) is 43.9 Å². The first-order valence-electron chi connectivity index (χ1n) is 9.10. The van der Waals surface area contributed by atoms with E-state index in [9.17, 15) is 0 Å². The molecule has 3 heterocycles. The first-order valence-corrected chi connectivity index (χ1v) is 9.10. The lowest BCUT2D eigenvalue weighted by atomic mass is 9.93. The van der Waals surface area contributed by atoms with Crippen molar-refractivity contribution >= 4 is 0 Å². The second-order valence-corrected chi connectivity index (χ2v) is 7.18. The number of piperazine rings is 1. The number of fused-ring (bicyclic) bond motifs is 1. The van der Waals surface area contributed by atoms with E-state index >= 15 is 0 Å². The predicted octanol–water partition coefficient (Wildman–Crippen LogP) is 1.70. The summed E-state index contributed by atoms with van der Waals surface area (Å²) in [4.78, 5) is 5.50. The third-order valence-electron chi connectivity index (χ3n) is 5.64. The lowest BCUT2D eigenvalue weighted by molar-refractivity contribution is -0.0630. The van der Waals surface area contributed by atoms with E-state index in [0.29, 0.717) is 18.1 Å². The molecule has 3 aliphatic rings. The molecule has 0 bridgehead atoms. The zero-order valence-electron chi connectivity index (χ0n) is 13.9. The molecule has 3 aliphatic heterocycles. The van der Waals surface area contributed by atoms with Crippen LogP contribution in [0.3, 0.4) is 0 Å². The Balaban J connectivity index is 1.65. The molecule has 4 atom stereocenters. The molecule has 0 aromatic carbocycles. The molecule has 0 aliphatic carbocycles. The van der Waals surface area contributed by atoms with Gasteiger partial charge >= 0.3 is 0 Å². The summed E-state index contributed by atoms with van der Waals surface area (Å²) in [6, 6.07) is 2.65. The summed E-state index contributed by atoms with van der Waals surface area (Å²) in [7, 11) is 0. The third kappa shape index (κ3) is 3.61. The lowest BCUT2D eigenvalue weighted by Gasteiger charge is -2.52. The Morgan fingerprint density at radius 3 is 2.95 bits per heavy atom. The first kappa shape index (κ1) is 15.7. The SMILES string of the molecule is CCCNC1CCOCC1N1CC2CCCCN2CC1C. The fraction of sp³-hybridized carbons (Fsp3) is 1.00. The Morgan fingerprint density at radius 2 is 2.10 bits per heavy atom. The molecule has 122 valence electrons. The van der Waals surface area contributed by atoms with Crippen molar-refractivity contribution in [1.82, 2.24) is 15.1 Å². The predicted molar refractivity (Wildman–Crippen MR) is 86.7 cm³/mol. The minimum absolute atomic E-state index is 0.573. The Morgan fingerprint density at radius 1 is 1.19 bits per heavy atom. The van der Waals surface area contributed by atoms with Crippen molar-refractivity contribution in [3.8, 4) is 0 Å². The van der Waals surface area contributed by atoms with Gasteiger partial charge in [-0.3, -0.25) is 9.80 Å². The maximum absolute atomic E-state index is 5.83. The van der Waals surface area contributed by atoms with Crippen molar-refractivity contribution in [2.24, 2.45) is 0 Å². The molecule has 4 unspecified atom stereocenters. The van der Waals surface area contributed by atoms with E-state index < -0.39 is 0 Å². The average Bonchev–Trinajstić information content (AvgIpc) is 2.52. The normalized spacial score (nSPS) is 39.1. The molecule has 21 heavy (non-hydrogen) atoms. The molecule has 0 radical (unpaired) electrons. The molecule has 0 saturated carbocycles. The fourth-order valence-electron chi connectivity index (χ4n) is 4.45. The second-order valence-electron chi connectivity index (χ2n) is 7.18. The molecule has 0 spiro atoms. The van der Waals surface area contributed by atoms with E-state index in [1.807, 2.05) is 0 Å². The number of hydrogen-bond donors (Lipinski definition) is 1. The van der Waals surface area contributed by atoms with Gasteiger partial charge in [0.05, 0.1) is 6.61 Å². The van der Waals surface area contributed by atoms with Crippen LogP contribution >= 0.6 is 0 Å². The van der Waals surface area contributed by atoms with Gasteiger partial charge in [0.15, 0.2) is 0 Å². The van der Waals surface area contributed by atoms with Gasteiger partial charge in [0.1, 0.15) is 0 Å². The number of nitrogens with zero attached hydrogens (tertiary/aromatic N) is 2. The smallest absolute Gasteiger partial charge is 0.0637 e. The van der Waals surface area contributed by atoms with Crippen LogP contribution < -0.4 is 5.32 Å². The maximum atomic E-state index is 5.83. The zero-order chi connectivity index (χ0) is 14.7. The van der Waals surface area contributed by atoms with Crippen molar-refractivity contribution in [2.45, 2.75) is 70.1 Å². The van der Waals surface area contributed by atoms with Crippen LogP contribution in [-0.4, -0.2) is 73.4 Å². The van der Waals surface area contributed by atoms with Crippen molar-refractivity contribution in [3.05, 3.63) is 0 Å². The van der Waals surface area contributed by atoms with Crippen molar-refractivity contribution in [1.29, 1.82) is 0 Å². The van der Waals surface area contributed by atoms with Crippen LogP contribution in [0.2, 0.25) is 0 Å². The van der Waals surface area contributed by atoms with E-state index in [1.54, 1.807) is 0 Å². The van der Waals surface area contributed by atoms with E-state index in [1.165, 1.54) is 51.7 Å². The summed E-state index contributed by atoms with van der Waals surface area (Å²) in [5.74, 6) is 0. The van der Waals surface area contributed by atoms with Crippen LogP contribution in [0.15, 0.2) is 0 Å². The van der Waals surface area contributed by atoms with Crippen LogP contribution in [-0.2, 0) is 4.74 Å². The van der Waals surface area contributed by atoms with Crippen LogP contribution in [0, 0.1) is 0 Å². The molecule has 3 fully saturated rings. The van der Waals surface area contributed by atoms with Crippen molar-refractivity contribution in [2.75, 3.05) is 39.4 Å². The monoisotopic (exact) mass is 295 g/mol. The Bertz CT molecular complexity index is 325. The summed E-state index contributed by atoms with van der Waals surface area (Å²) in [6.45, 7) is 11.5. The molecule has 4 heteroatoms. The minimum Gasteiger partial charge on any atom is -0.380 e. The molecule has 0 aromatic rings. The van der Waals surface area contributed by atoms with Gasteiger partial charge in [-0.05, 0) is 45.7 Å². The van der Waals surface area contributed by atoms with Gasteiger partial charge in [-0.15, -0.1) is 0 Å². The fourth-order valence-corrected chi connectivity index (χ4v) is 4.45. The van der Waals surface area contributed by atoms with Crippen molar-refractivity contribution < 1.29 is 4.74 Å². The van der Waals surface area contributed by atoms with Gasteiger partial charge in [-0.25, -0.2) is 0 Å². The Hall–Kier alpha value is -0.160. The van der Waals surface area contributed by atoms with E-state index in [0.717, 1.165) is 25.8 Å². The van der Waals surface area contributed by atoms with Gasteiger partial charge < -0.3 is 10.1 Å². The summed E-state index contributed by atoms with van der Waals surface area (Å²) < 4.78 is 5.83. The number of nitrogens with one attached hydrogen (secondary N) is 1. The number of hydrogen-bond acceptors (Lipinski definition) is 4. The quantitative estimate of drug-likeness (QED) is 0.854. The lowest BCUT2D eigenvalue weighted by Crippen LogP contribution is -2.66. The van der Waals surface area contributed by atoms with Gasteiger partial charge in [0.2, 0.25) is 0 Å². The highest BCUT2D eigenvalue weighted by Gasteiger charge is 2.39. The molecule has 0 aromatic heterocycles. The topological polar surface area (TPSA) is 27.7 Å². The Kier molecular flexibility index (Phi) is 5.54. The molecule has 3 rings (SSSR count). The maximum Gasteiger partial charge on any atom is 0.0637 e. The molecule has 1 N–H and O–H groups in total. The molecule has 3 saturated heterocycles. The summed E-state index contributed by atoms with van der Waals surface area (Å²) >= 11 is 0. The highest BCUT2D eigenvalue weighted by Crippen LogP contribution is 2.27. The van der Waals surface area contributed by atoms with Crippen LogP contribution in [0.5, 0.6) is 0 Å². The number of piperidine rings is 1. The molecule has 0 amide bonds. The second kappa shape index (κ2) is 7.40. The number of rotatable bonds is 4. The van der Waals surface area contributed by atoms with Crippen LogP contribution in [0.4, 0.5) is 0 Å². The van der Waals surface area contributed by atoms with Gasteiger partial charge in [0.25, 0.3) is 0 Å². The van der Waals surface area contributed by atoms with Crippen LogP contribution in [0.25, 0.3) is 0 Å². The highest BCUT2D eigenvalue weighted by atomic mass is 16.5. The van der Waals surface area contributed by atoms with E-state index in [4.69, 9.17) is 4.74 Å². The molecule has 4 nitrogen and oxygen atoms in total. The summed E-state index contributed by atoms with van der Waals surface area (Å²) in [5.41, 5.74) is 0. The first-order chi connectivity index (χ1) is 10.3. The van der Waals surface area contributed by atoms with Crippen molar-refractivity contribution in [3.63, 3.8) is 0 Å². The standard InChI is InChI=1S/C17H33N3O/c1-3-8-18-16-7-10-21-13-17(16)20-12-15-6-4-5-9-19(15)11-14(20)2/h14-18H,3-13H2,1-2H3. The summed E-state index contributed by atoms with van der Waals surface area (Å²) in [6.07, 6.45) is 6.60. The van der Waals surface area contributed by atoms with E-state index in [2.05, 4.69) is 29.0 Å². The molecular weight excluding hydrogens is 262 g/mol.